The van der Waals surface area contributed by atoms with Crippen molar-refractivity contribution in [3.63, 3.8) is 0 Å². The van der Waals surface area contributed by atoms with Crippen molar-refractivity contribution >= 4 is 22.8 Å². The van der Waals surface area contributed by atoms with E-state index in [1.165, 1.54) is 5.56 Å². The van der Waals surface area contributed by atoms with Crippen LogP contribution < -0.4 is 5.73 Å². The Morgan fingerprint density at radius 2 is 1.86 bits per heavy atom. The van der Waals surface area contributed by atoms with Gasteiger partial charge in [0.05, 0.1) is 5.56 Å². The number of anilines is 1. The number of pyridine rings is 2. The summed E-state index contributed by atoms with van der Waals surface area (Å²) >= 11 is 0. The summed E-state index contributed by atoms with van der Waals surface area (Å²) in [5, 5.41) is 19.7. The zero-order valence-electron chi connectivity index (χ0n) is 20.3. The first-order valence-corrected chi connectivity index (χ1v) is 12.1. The standard InChI is InChI=1S/C28H28N6O2/c1-17(34-13-10-19(11-14-34)18-3-5-20(6-4-18)28(35)36)25-15-23-21(9-12-31-27(23)33(25)2)22-7-8-26(30)32-24(22)16-29/h3-9,12,15,17,19H,10-11,13-14H2,1-2H3,(H2,30,32)(H,35,36)/t17-/m0/s1. The fourth-order valence-corrected chi connectivity index (χ4v) is 5.36. The van der Waals surface area contributed by atoms with E-state index in [1.807, 2.05) is 31.3 Å². The fourth-order valence-electron chi connectivity index (χ4n) is 5.36. The second-order valence-electron chi connectivity index (χ2n) is 9.38. The Balaban J connectivity index is 1.39. The Kier molecular flexibility index (Phi) is 6.17. The Morgan fingerprint density at radius 1 is 1.14 bits per heavy atom. The lowest BCUT2D eigenvalue weighted by atomic mass is 9.88. The highest BCUT2D eigenvalue weighted by atomic mass is 16.4. The Labute approximate surface area is 209 Å². The van der Waals surface area contributed by atoms with Gasteiger partial charge in [0, 0.05) is 35.9 Å². The van der Waals surface area contributed by atoms with Crippen molar-refractivity contribution in [3.8, 4) is 17.2 Å². The summed E-state index contributed by atoms with van der Waals surface area (Å²) in [4.78, 5) is 22.5. The summed E-state index contributed by atoms with van der Waals surface area (Å²) in [5.41, 5.74) is 11.3. The highest BCUT2D eigenvalue weighted by molar-refractivity contribution is 5.95. The number of benzene rings is 1. The number of carboxylic acid groups (broad SMARTS) is 1. The van der Waals surface area contributed by atoms with Gasteiger partial charge in [0.2, 0.25) is 0 Å². The number of nitrogens with zero attached hydrogens (tertiary/aromatic N) is 5. The second-order valence-corrected chi connectivity index (χ2v) is 9.38. The summed E-state index contributed by atoms with van der Waals surface area (Å²) in [7, 11) is 2.04. The van der Waals surface area contributed by atoms with E-state index in [1.54, 1.807) is 24.4 Å². The van der Waals surface area contributed by atoms with Crippen LogP contribution in [0.2, 0.25) is 0 Å². The van der Waals surface area contributed by atoms with Gasteiger partial charge in [-0.15, -0.1) is 0 Å². The number of rotatable bonds is 5. The predicted molar refractivity (Wildman–Crippen MR) is 138 cm³/mol. The molecular formula is C28H28N6O2. The molecule has 4 heterocycles. The molecule has 0 spiro atoms. The van der Waals surface area contributed by atoms with Crippen molar-refractivity contribution in [2.24, 2.45) is 7.05 Å². The van der Waals surface area contributed by atoms with Crippen LogP contribution in [0.15, 0.2) is 54.7 Å². The minimum Gasteiger partial charge on any atom is -0.478 e. The van der Waals surface area contributed by atoms with Crippen LogP contribution in [0.3, 0.4) is 0 Å². The van der Waals surface area contributed by atoms with Gasteiger partial charge in [-0.25, -0.2) is 14.8 Å². The van der Waals surface area contributed by atoms with Gasteiger partial charge >= 0.3 is 5.97 Å². The normalized spacial score (nSPS) is 15.6. The Bertz CT molecular complexity index is 1480. The van der Waals surface area contributed by atoms with Crippen LogP contribution in [0, 0.1) is 11.3 Å². The Morgan fingerprint density at radius 3 is 2.53 bits per heavy atom. The first-order valence-electron chi connectivity index (χ1n) is 12.1. The van der Waals surface area contributed by atoms with Gasteiger partial charge < -0.3 is 15.4 Å². The first-order chi connectivity index (χ1) is 17.4. The minimum atomic E-state index is -0.894. The number of hydrogen-bond acceptors (Lipinski definition) is 6. The molecule has 1 aliphatic rings. The lowest BCUT2D eigenvalue weighted by Crippen LogP contribution is -2.35. The number of nitrogen functional groups attached to an aromatic ring is 1. The molecule has 1 fully saturated rings. The molecule has 8 heteroatoms. The fraction of sp³-hybridized carbons (Fsp3) is 0.286. The summed E-state index contributed by atoms with van der Waals surface area (Å²) in [6.07, 6.45) is 3.81. The molecule has 0 amide bonds. The van der Waals surface area contributed by atoms with Gasteiger partial charge in [0.25, 0.3) is 0 Å². The first kappa shape index (κ1) is 23.5. The van der Waals surface area contributed by atoms with Crippen LogP contribution in [0.1, 0.15) is 59.0 Å². The van der Waals surface area contributed by atoms with Crippen LogP contribution in [-0.4, -0.2) is 43.6 Å². The van der Waals surface area contributed by atoms with Gasteiger partial charge in [0.15, 0.2) is 5.69 Å². The van der Waals surface area contributed by atoms with Crippen LogP contribution in [0.25, 0.3) is 22.2 Å². The van der Waals surface area contributed by atoms with Gasteiger partial charge in [-0.3, -0.25) is 4.90 Å². The van der Waals surface area contributed by atoms with Crippen molar-refractivity contribution in [3.05, 3.63) is 77.2 Å². The maximum atomic E-state index is 11.1. The van der Waals surface area contributed by atoms with E-state index in [-0.39, 0.29) is 6.04 Å². The van der Waals surface area contributed by atoms with E-state index in [2.05, 4.69) is 38.5 Å². The average molecular weight is 481 g/mol. The zero-order valence-corrected chi connectivity index (χ0v) is 20.3. The van der Waals surface area contributed by atoms with E-state index in [0.717, 1.165) is 53.8 Å². The summed E-state index contributed by atoms with van der Waals surface area (Å²) in [6.45, 7) is 4.13. The largest absolute Gasteiger partial charge is 0.478 e. The number of fused-ring (bicyclic) bond motifs is 1. The molecule has 0 radical (unpaired) electrons. The van der Waals surface area contributed by atoms with E-state index < -0.39 is 5.97 Å². The highest BCUT2D eigenvalue weighted by Gasteiger charge is 2.27. The van der Waals surface area contributed by atoms with Crippen LogP contribution >= 0.6 is 0 Å². The van der Waals surface area contributed by atoms with Crippen molar-refractivity contribution < 1.29 is 9.90 Å². The third-order valence-electron chi connectivity index (χ3n) is 7.41. The maximum Gasteiger partial charge on any atom is 0.335 e. The third kappa shape index (κ3) is 4.18. The molecule has 36 heavy (non-hydrogen) atoms. The summed E-state index contributed by atoms with van der Waals surface area (Å²) in [6, 6.07) is 17.3. The summed E-state index contributed by atoms with van der Waals surface area (Å²) in [5.74, 6) is -0.141. The number of piperidine rings is 1. The maximum absolute atomic E-state index is 11.1. The van der Waals surface area contributed by atoms with Gasteiger partial charge in [-0.05, 0) is 86.3 Å². The number of carboxylic acids is 1. The molecule has 1 saturated heterocycles. The molecule has 3 N–H and O–H groups in total. The average Bonchev–Trinajstić information content (AvgIpc) is 3.25. The number of nitriles is 1. The molecule has 1 aliphatic heterocycles. The topological polar surface area (TPSA) is 121 Å². The van der Waals surface area contributed by atoms with E-state index in [4.69, 9.17) is 10.8 Å². The molecule has 5 rings (SSSR count). The van der Waals surface area contributed by atoms with Gasteiger partial charge in [0.1, 0.15) is 17.5 Å². The molecular weight excluding hydrogens is 452 g/mol. The lowest BCUT2D eigenvalue weighted by Gasteiger charge is -2.36. The molecule has 1 aromatic carbocycles. The molecule has 182 valence electrons. The molecule has 0 aliphatic carbocycles. The summed E-state index contributed by atoms with van der Waals surface area (Å²) < 4.78 is 2.14. The van der Waals surface area contributed by atoms with E-state index >= 15 is 0 Å². The molecule has 4 aromatic rings. The third-order valence-corrected chi connectivity index (χ3v) is 7.41. The van der Waals surface area contributed by atoms with Crippen molar-refractivity contribution in [1.82, 2.24) is 19.4 Å². The molecule has 1 atom stereocenters. The number of aromatic carboxylic acids is 1. The second kappa shape index (κ2) is 9.44. The number of aryl methyl sites for hydroxylation is 1. The van der Waals surface area contributed by atoms with Crippen molar-refractivity contribution in [1.29, 1.82) is 5.26 Å². The van der Waals surface area contributed by atoms with Crippen molar-refractivity contribution in [2.75, 3.05) is 18.8 Å². The number of aromatic nitrogens is 3. The molecule has 0 saturated carbocycles. The van der Waals surface area contributed by atoms with Gasteiger partial charge in [-0.2, -0.15) is 5.26 Å². The van der Waals surface area contributed by atoms with Crippen molar-refractivity contribution in [2.45, 2.75) is 31.7 Å². The SMILES string of the molecule is C[C@@H](c1cc2c(-c3ccc(N)nc3C#N)ccnc2n1C)N1CCC(c2ccc(C(=O)O)cc2)CC1. The van der Waals surface area contributed by atoms with E-state index in [9.17, 15) is 10.1 Å². The van der Waals surface area contributed by atoms with E-state index in [0.29, 0.717) is 23.0 Å². The lowest BCUT2D eigenvalue weighted by molar-refractivity contribution is 0.0697. The minimum absolute atomic E-state index is 0.187. The smallest absolute Gasteiger partial charge is 0.335 e. The molecule has 8 nitrogen and oxygen atoms in total. The molecule has 0 bridgehead atoms. The Hall–Kier alpha value is -4.22. The zero-order chi connectivity index (χ0) is 25.4. The van der Waals surface area contributed by atoms with Crippen LogP contribution in [-0.2, 0) is 7.05 Å². The van der Waals surface area contributed by atoms with Crippen LogP contribution in [0.5, 0.6) is 0 Å². The number of nitrogens with two attached hydrogens (primary N) is 1. The molecule has 0 unspecified atom stereocenters. The number of hydrogen-bond donors (Lipinski definition) is 2. The quantitative estimate of drug-likeness (QED) is 0.424. The van der Waals surface area contributed by atoms with Gasteiger partial charge in [-0.1, -0.05) is 12.1 Å². The number of likely N-dealkylation sites (tertiary alicyclic amines) is 1. The monoisotopic (exact) mass is 480 g/mol. The predicted octanol–water partition coefficient (Wildman–Crippen LogP) is 4.73. The van der Waals surface area contributed by atoms with Crippen LogP contribution in [0.4, 0.5) is 5.82 Å². The highest BCUT2D eigenvalue weighted by Crippen LogP contribution is 2.36. The number of carbonyl (C=O) groups is 1. The molecule has 3 aromatic heterocycles.